The zero-order valence-corrected chi connectivity index (χ0v) is 18.3. The summed E-state index contributed by atoms with van der Waals surface area (Å²) in [6.07, 6.45) is 3.33. The summed E-state index contributed by atoms with van der Waals surface area (Å²) in [4.78, 5) is 2.71. The predicted molar refractivity (Wildman–Crippen MR) is 115 cm³/mol. The van der Waals surface area contributed by atoms with Crippen molar-refractivity contribution in [2.75, 3.05) is 26.2 Å². The zero-order chi connectivity index (χ0) is 21.1. The van der Waals surface area contributed by atoms with Gasteiger partial charge in [0.2, 0.25) is 10.0 Å². The lowest BCUT2D eigenvalue weighted by Gasteiger charge is -2.41. The van der Waals surface area contributed by atoms with Gasteiger partial charge in [-0.05, 0) is 62.1 Å². The van der Waals surface area contributed by atoms with Crippen molar-refractivity contribution in [3.8, 4) is 5.75 Å². The van der Waals surface area contributed by atoms with Crippen molar-refractivity contribution in [3.63, 3.8) is 0 Å². The van der Waals surface area contributed by atoms with Crippen LogP contribution in [0.25, 0.3) is 0 Å². The van der Waals surface area contributed by atoms with E-state index in [1.54, 1.807) is 46.8 Å². The number of piperidine rings is 2. The van der Waals surface area contributed by atoms with E-state index in [2.05, 4.69) is 4.90 Å². The Hall–Kier alpha value is -1.67. The molecule has 2 aliphatic rings. The molecule has 2 fully saturated rings. The van der Waals surface area contributed by atoms with Crippen molar-refractivity contribution in [2.45, 2.75) is 42.7 Å². The highest BCUT2D eigenvalue weighted by atomic mass is 35.5. The Balaban J connectivity index is 1.28. The van der Waals surface area contributed by atoms with Gasteiger partial charge in [0, 0.05) is 37.2 Å². The molecule has 0 saturated carbocycles. The van der Waals surface area contributed by atoms with Crippen LogP contribution in [0.2, 0.25) is 5.02 Å². The molecule has 2 saturated heterocycles. The van der Waals surface area contributed by atoms with Crippen molar-refractivity contribution < 1.29 is 17.5 Å². The van der Waals surface area contributed by atoms with Crippen LogP contribution >= 0.6 is 11.6 Å². The maximum atomic E-state index is 13.8. The Bertz CT molecular complexity index is 955. The summed E-state index contributed by atoms with van der Waals surface area (Å²) in [7, 11) is -3.48. The van der Waals surface area contributed by atoms with Crippen LogP contribution in [0.5, 0.6) is 5.75 Å². The topological polar surface area (TPSA) is 49.9 Å². The summed E-state index contributed by atoms with van der Waals surface area (Å²) in [6, 6.07) is 13.2. The molecule has 0 bridgehead atoms. The molecule has 30 heavy (non-hydrogen) atoms. The van der Waals surface area contributed by atoms with E-state index in [0.29, 0.717) is 29.9 Å². The van der Waals surface area contributed by atoms with Crippen LogP contribution in [0.1, 0.15) is 25.7 Å². The molecule has 0 atom stereocenters. The molecule has 0 aromatic heterocycles. The average Bonchev–Trinajstić information content (AvgIpc) is 2.76. The lowest BCUT2D eigenvalue weighted by atomic mass is 10.00. The Morgan fingerprint density at radius 2 is 1.53 bits per heavy atom. The van der Waals surface area contributed by atoms with Crippen molar-refractivity contribution in [1.29, 1.82) is 0 Å². The summed E-state index contributed by atoms with van der Waals surface area (Å²) in [5.74, 6) is -0.00846. The van der Waals surface area contributed by atoms with Crippen molar-refractivity contribution in [1.82, 2.24) is 9.21 Å². The number of likely N-dealkylation sites (tertiary alicyclic amines) is 1. The normalized spacial score (nSPS) is 20.3. The van der Waals surface area contributed by atoms with E-state index in [0.717, 1.165) is 38.8 Å². The number of ether oxygens (including phenoxy) is 1. The molecule has 0 aliphatic carbocycles. The average molecular weight is 453 g/mol. The number of benzene rings is 2. The number of hydrogen-bond donors (Lipinski definition) is 0. The third-order valence-electron chi connectivity index (χ3n) is 6.00. The molecule has 2 aromatic carbocycles. The van der Waals surface area contributed by atoms with Gasteiger partial charge in [-0.15, -0.1) is 0 Å². The second-order valence-corrected chi connectivity index (χ2v) is 10.2. The van der Waals surface area contributed by atoms with E-state index >= 15 is 0 Å². The standard InChI is InChI=1S/C22H26ClFN2O3S/c23-17-5-7-20(8-6-17)30(27,28)26-15-9-18(10-16-26)25-13-11-19(12-14-25)29-22-4-2-1-3-21(22)24/h1-8,18-19H,9-16H2. The third kappa shape index (κ3) is 4.80. The van der Waals surface area contributed by atoms with Crippen LogP contribution in [0, 0.1) is 5.82 Å². The SMILES string of the molecule is O=S(=O)(c1ccc(Cl)cc1)N1CCC(N2CCC(Oc3ccccc3F)CC2)CC1. The smallest absolute Gasteiger partial charge is 0.243 e. The zero-order valence-electron chi connectivity index (χ0n) is 16.7. The van der Waals surface area contributed by atoms with Gasteiger partial charge in [0.15, 0.2) is 11.6 Å². The predicted octanol–water partition coefficient (Wildman–Crippen LogP) is 4.18. The van der Waals surface area contributed by atoms with E-state index in [-0.39, 0.29) is 16.8 Å². The van der Waals surface area contributed by atoms with Crippen LogP contribution in [-0.4, -0.2) is 55.9 Å². The summed E-state index contributed by atoms with van der Waals surface area (Å²) >= 11 is 5.87. The van der Waals surface area contributed by atoms with Gasteiger partial charge < -0.3 is 9.64 Å². The monoisotopic (exact) mass is 452 g/mol. The Morgan fingerprint density at radius 3 is 2.17 bits per heavy atom. The fraction of sp³-hybridized carbons (Fsp3) is 0.455. The fourth-order valence-corrected chi connectivity index (χ4v) is 5.88. The van der Waals surface area contributed by atoms with Gasteiger partial charge >= 0.3 is 0 Å². The highest BCUT2D eigenvalue weighted by Crippen LogP contribution is 2.27. The van der Waals surface area contributed by atoms with Crippen molar-refractivity contribution >= 4 is 21.6 Å². The number of nitrogens with zero attached hydrogens (tertiary/aromatic N) is 2. The second kappa shape index (κ2) is 9.22. The molecule has 0 N–H and O–H groups in total. The van der Waals surface area contributed by atoms with Gasteiger partial charge in [-0.2, -0.15) is 4.31 Å². The minimum atomic E-state index is -3.48. The summed E-state index contributed by atoms with van der Waals surface area (Å²) in [5, 5.41) is 0.523. The fourth-order valence-electron chi connectivity index (χ4n) is 4.28. The molecular weight excluding hydrogens is 427 g/mol. The maximum absolute atomic E-state index is 13.8. The summed E-state index contributed by atoms with van der Waals surface area (Å²) in [5.41, 5.74) is 0. The molecule has 0 radical (unpaired) electrons. The number of rotatable bonds is 5. The molecule has 8 heteroatoms. The van der Waals surface area contributed by atoms with Gasteiger partial charge in [-0.25, -0.2) is 12.8 Å². The minimum absolute atomic E-state index is 0.0171. The van der Waals surface area contributed by atoms with E-state index in [4.69, 9.17) is 16.3 Å². The molecule has 5 nitrogen and oxygen atoms in total. The van der Waals surface area contributed by atoms with Crippen molar-refractivity contribution in [2.24, 2.45) is 0 Å². The molecule has 2 aliphatic heterocycles. The second-order valence-electron chi connectivity index (χ2n) is 7.87. The van der Waals surface area contributed by atoms with Gasteiger partial charge in [-0.3, -0.25) is 0 Å². The lowest BCUT2D eigenvalue weighted by Crippen LogP contribution is -2.50. The van der Waals surface area contributed by atoms with Crippen LogP contribution in [0.4, 0.5) is 4.39 Å². The van der Waals surface area contributed by atoms with E-state index in [9.17, 15) is 12.8 Å². The first-order chi connectivity index (χ1) is 14.4. The molecule has 4 rings (SSSR count). The molecule has 0 amide bonds. The van der Waals surface area contributed by atoms with Crippen molar-refractivity contribution in [3.05, 3.63) is 59.4 Å². The number of halogens is 2. The molecule has 2 heterocycles. The van der Waals surface area contributed by atoms with Gasteiger partial charge in [0.05, 0.1) is 4.90 Å². The first kappa shape index (κ1) is 21.6. The minimum Gasteiger partial charge on any atom is -0.487 e. The van der Waals surface area contributed by atoms with Crippen LogP contribution in [0.3, 0.4) is 0 Å². The Kier molecular flexibility index (Phi) is 6.63. The van der Waals surface area contributed by atoms with Crippen LogP contribution in [0.15, 0.2) is 53.4 Å². The molecule has 0 unspecified atom stereocenters. The van der Waals surface area contributed by atoms with E-state index < -0.39 is 10.0 Å². The molecular formula is C22H26ClFN2O3S. The van der Waals surface area contributed by atoms with Gasteiger partial charge in [0.25, 0.3) is 0 Å². The lowest BCUT2D eigenvalue weighted by molar-refractivity contribution is 0.0568. The summed E-state index contributed by atoms with van der Waals surface area (Å²) < 4.78 is 46.9. The Labute approximate surface area is 182 Å². The third-order valence-corrected chi connectivity index (χ3v) is 8.16. The van der Waals surface area contributed by atoms with Crippen LogP contribution < -0.4 is 4.74 Å². The largest absolute Gasteiger partial charge is 0.487 e. The first-order valence-electron chi connectivity index (χ1n) is 10.3. The maximum Gasteiger partial charge on any atom is 0.243 e. The van der Waals surface area contributed by atoms with Gasteiger partial charge in [-0.1, -0.05) is 23.7 Å². The Morgan fingerprint density at radius 1 is 0.900 bits per heavy atom. The molecule has 0 spiro atoms. The van der Waals surface area contributed by atoms with Crippen LogP contribution in [-0.2, 0) is 10.0 Å². The molecule has 2 aromatic rings. The van der Waals surface area contributed by atoms with E-state index in [1.165, 1.54) is 6.07 Å². The first-order valence-corrected chi connectivity index (χ1v) is 12.2. The van der Waals surface area contributed by atoms with Gasteiger partial charge in [0.1, 0.15) is 6.10 Å². The quantitative estimate of drug-likeness (QED) is 0.683. The highest BCUT2D eigenvalue weighted by Gasteiger charge is 2.33. The number of sulfonamides is 1. The summed E-state index contributed by atoms with van der Waals surface area (Å²) in [6.45, 7) is 2.80. The van der Waals surface area contributed by atoms with E-state index in [1.807, 2.05) is 0 Å². The molecule has 162 valence electrons. The highest BCUT2D eigenvalue weighted by molar-refractivity contribution is 7.89. The number of para-hydroxylation sites is 1. The number of hydrogen-bond acceptors (Lipinski definition) is 4.